The van der Waals surface area contributed by atoms with Gasteiger partial charge in [-0.3, -0.25) is 0 Å². The van der Waals surface area contributed by atoms with E-state index in [4.69, 9.17) is 5.73 Å². The fourth-order valence-corrected chi connectivity index (χ4v) is 2.67. The number of hydrogen-bond donors (Lipinski definition) is 1. The largest absolute Gasteiger partial charge is 0.330 e. The molecule has 2 N–H and O–H groups in total. The van der Waals surface area contributed by atoms with Gasteiger partial charge in [0.05, 0.1) is 5.69 Å². The van der Waals surface area contributed by atoms with Gasteiger partial charge in [-0.1, -0.05) is 35.0 Å². The summed E-state index contributed by atoms with van der Waals surface area (Å²) in [6, 6.07) is 8.25. The highest BCUT2D eigenvalue weighted by Gasteiger charge is 2.07. The van der Waals surface area contributed by atoms with Crippen molar-refractivity contribution < 1.29 is 0 Å². The Hall–Kier alpha value is -0.710. The summed E-state index contributed by atoms with van der Waals surface area (Å²) < 4.78 is 1.09. The molecule has 1 atom stereocenters. The monoisotopic (exact) mass is 310 g/mol. The lowest BCUT2D eigenvalue weighted by molar-refractivity contribution is 0.586. The van der Waals surface area contributed by atoms with E-state index < -0.39 is 0 Å². The maximum absolute atomic E-state index is 5.62. The van der Waals surface area contributed by atoms with Crippen LogP contribution in [0.4, 0.5) is 0 Å². The third kappa shape index (κ3) is 3.37. The van der Waals surface area contributed by atoms with Crippen molar-refractivity contribution in [1.29, 1.82) is 0 Å². The van der Waals surface area contributed by atoms with Crippen molar-refractivity contribution in [3.05, 3.63) is 39.8 Å². The Morgan fingerprint density at radius 3 is 2.71 bits per heavy atom. The molecule has 1 unspecified atom stereocenters. The van der Waals surface area contributed by atoms with E-state index in [0.717, 1.165) is 21.6 Å². The Bertz CT molecular complexity index is 478. The van der Waals surface area contributed by atoms with E-state index in [0.29, 0.717) is 12.5 Å². The van der Waals surface area contributed by atoms with Gasteiger partial charge in [0.25, 0.3) is 0 Å². The lowest BCUT2D eigenvalue weighted by Crippen LogP contribution is -2.13. The summed E-state index contributed by atoms with van der Waals surface area (Å²) in [7, 11) is 0. The molecule has 17 heavy (non-hydrogen) atoms. The first-order valence-corrected chi connectivity index (χ1v) is 7.26. The zero-order valence-corrected chi connectivity index (χ0v) is 12.1. The Morgan fingerprint density at radius 1 is 1.35 bits per heavy atom. The van der Waals surface area contributed by atoms with Crippen LogP contribution in [0.5, 0.6) is 0 Å². The van der Waals surface area contributed by atoms with Crippen LogP contribution in [0.15, 0.2) is 34.1 Å². The molecule has 0 amide bonds. The maximum atomic E-state index is 5.62. The molecule has 2 aromatic rings. The Kier molecular flexibility index (Phi) is 4.31. The molecule has 2 rings (SSSR count). The summed E-state index contributed by atoms with van der Waals surface area (Å²) in [6.45, 7) is 2.86. The molecule has 0 saturated carbocycles. The molecule has 0 spiro atoms. The quantitative estimate of drug-likeness (QED) is 0.935. The van der Waals surface area contributed by atoms with E-state index in [2.05, 4.69) is 45.4 Å². The van der Waals surface area contributed by atoms with Gasteiger partial charge in [0.2, 0.25) is 0 Å². The number of hydrogen-bond acceptors (Lipinski definition) is 3. The van der Waals surface area contributed by atoms with E-state index in [9.17, 15) is 0 Å². The summed E-state index contributed by atoms with van der Waals surface area (Å²) in [6.07, 6.45) is 0.962. The molecule has 0 aliphatic heterocycles. The van der Waals surface area contributed by atoms with Crippen molar-refractivity contribution in [2.24, 2.45) is 11.7 Å². The highest BCUT2D eigenvalue weighted by molar-refractivity contribution is 9.10. The van der Waals surface area contributed by atoms with Crippen molar-refractivity contribution >= 4 is 27.3 Å². The van der Waals surface area contributed by atoms with E-state index in [1.807, 2.05) is 12.1 Å². The summed E-state index contributed by atoms with van der Waals surface area (Å²) >= 11 is 5.13. The number of aromatic nitrogens is 1. The van der Waals surface area contributed by atoms with Gasteiger partial charge >= 0.3 is 0 Å². The van der Waals surface area contributed by atoms with Crippen LogP contribution in [0, 0.1) is 5.92 Å². The second-order valence-electron chi connectivity index (χ2n) is 4.20. The highest BCUT2D eigenvalue weighted by Crippen LogP contribution is 2.25. The second-order valence-corrected chi connectivity index (χ2v) is 5.97. The fourth-order valence-electron chi connectivity index (χ4n) is 1.57. The van der Waals surface area contributed by atoms with Gasteiger partial charge < -0.3 is 5.73 Å². The predicted octanol–water partition coefficient (Wildman–Crippen LogP) is 3.71. The van der Waals surface area contributed by atoms with Crippen LogP contribution in [-0.4, -0.2) is 11.5 Å². The van der Waals surface area contributed by atoms with Gasteiger partial charge in [-0.05, 0) is 31.0 Å². The van der Waals surface area contributed by atoms with Crippen LogP contribution < -0.4 is 5.73 Å². The van der Waals surface area contributed by atoms with Gasteiger partial charge in [-0.2, -0.15) is 0 Å². The summed E-state index contributed by atoms with van der Waals surface area (Å²) in [5.74, 6) is 0.495. The van der Waals surface area contributed by atoms with E-state index in [1.54, 1.807) is 11.3 Å². The summed E-state index contributed by atoms with van der Waals surface area (Å²) in [5.41, 5.74) is 7.94. The summed E-state index contributed by atoms with van der Waals surface area (Å²) in [5, 5.41) is 3.21. The number of nitrogens with zero attached hydrogens (tertiary/aromatic N) is 1. The molecule has 1 aromatic carbocycles. The molecule has 4 heteroatoms. The molecule has 0 aliphatic carbocycles. The van der Waals surface area contributed by atoms with Crippen molar-refractivity contribution in [1.82, 2.24) is 4.98 Å². The summed E-state index contributed by atoms with van der Waals surface area (Å²) in [4.78, 5) is 4.65. The SMILES string of the molecule is CC(CN)Cc1csc(-c2ccc(Br)cc2)n1. The molecule has 90 valence electrons. The molecular weight excluding hydrogens is 296 g/mol. The van der Waals surface area contributed by atoms with E-state index >= 15 is 0 Å². The molecule has 0 bridgehead atoms. The highest BCUT2D eigenvalue weighted by atomic mass is 79.9. The van der Waals surface area contributed by atoms with Crippen LogP contribution in [0.2, 0.25) is 0 Å². The fraction of sp³-hybridized carbons (Fsp3) is 0.308. The molecule has 0 aliphatic rings. The first kappa shape index (κ1) is 12.7. The van der Waals surface area contributed by atoms with Crippen LogP contribution in [0.25, 0.3) is 10.6 Å². The van der Waals surface area contributed by atoms with Gasteiger partial charge in [0.15, 0.2) is 0 Å². The normalized spacial score (nSPS) is 12.6. The van der Waals surface area contributed by atoms with Gasteiger partial charge in [0, 0.05) is 15.4 Å². The third-order valence-electron chi connectivity index (χ3n) is 2.60. The molecule has 0 radical (unpaired) electrons. The topological polar surface area (TPSA) is 38.9 Å². The molecule has 2 nitrogen and oxygen atoms in total. The number of thiazole rings is 1. The smallest absolute Gasteiger partial charge is 0.123 e. The molecule has 1 heterocycles. The van der Waals surface area contributed by atoms with Crippen molar-refractivity contribution in [3.63, 3.8) is 0 Å². The third-order valence-corrected chi connectivity index (χ3v) is 4.07. The molecule has 0 saturated heterocycles. The zero-order chi connectivity index (χ0) is 12.3. The van der Waals surface area contributed by atoms with Crippen LogP contribution in [0.1, 0.15) is 12.6 Å². The van der Waals surface area contributed by atoms with Gasteiger partial charge in [-0.25, -0.2) is 4.98 Å². The van der Waals surface area contributed by atoms with Crippen molar-refractivity contribution in [3.8, 4) is 10.6 Å². The molecular formula is C13H15BrN2S. The second kappa shape index (κ2) is 5.76. The molecule has 0 fully saturated rings. The van der Waals surface area contributed by atoms with Crippen molar-refractivity contribution in [2.75, 3.05) is 6.54 Å². The Morgan fingerprint density at radius 2 is 2.06 bits per heavy atom. The average Bonchev–Trinajstić information content (AvgIpc) is 2.78. The lowest BCUT2D eigenvalue weighted by atomic mass is 10.1. The number of rotatable bonds is 4. The minimum absolute atomic E-state index is 0.495. The van der Waals surface area contributed by atoms with E-state index in [-0.39, 0.29) is 0 Å². The first-order chi connectivity index (χ1) is 8.19. The average molecular weight is 311 g/mol. The minimum Gasteiger partial charge on any atom is -0.330 e. The van der Waals surface area contributed by atoms with Gasteiger partial charge in [-0.15, -0.1) is 11.3 Å². The van der Waals surface area contributed by atoms with Crippen molar-refractivity contribution in [2.45, 2.75) is 13.3 Å². The van der Waals surface area contributed by atoms with Crippen LogP contribution in [0.3, 0.4) is 0 Å². The van der Waals surface area contributed by atoms with Crippen LogP contribution in [-0.2, 0) is 6.42 Å². The van der Waals surface area contributed by atoms with Crippen LogP contribution >= 0.6 is 27.3 Å². The van der Waals surface area contributed by atoms with E-state index in [1.165, 1.54) is 5.56 Å². The number of halogens is 1. The number of nitrogens with two attached hydrogens (primary N) is 1. The first-order valence-electron chi connectivity index (χ1n) is 5.59. The minimum atomic E-state index is 0.495. The predicted molar refractivity (Wildman–Crippen MR) is 77.2 cm³/mol. The Balaban J connectivity index is 2.15. The standard InChI is InChI=1S/C13H15BrN2S/c1-9(7-15)6-12-8-17-13(16-12)10-2-4-11(14)5-3-10/h2-5,8-9H,6-7,15H2,1H3. The zero-order valence-electron chi connectivity index (χ0n) is 9.69. The molecule has 1 aromatic heterocycles. The number of benzene rings is 1. The maximum Gasteiger partial charge on any atom is 0.123 e. The van der Waals surface area contributed by atoms with Gasteiger partial charge in [0.1, 0.15) is 5.01 Å². The Labute approximate surface area is 114 Å². The lowest BCUT2D eigenvalue weighted by Gasteiger charge is -2.04.